The van der Waals surface area contributed by atoms with Crippen LogP contribution >= 0.6 is 0 Å². The van der Waals surface area contributed by atoms with Gasteiger partial charge in [-0.1, -0.05) is 18.6 Å². The third-order valence-corrected chi connectivity index (χ3v) is 4.39. The van der Waals surface area contributed by atoms with Crippen LogP contribution in [0.1, 0.15) is 30.7 Å². The molecular weight excluding hydrogens is 321 g/mol. The normalized spacial score (nSPS) is 14.1. The van der Waals surface area contributed by atoms with Crippen molar-refractivity contribution in [3.05, 3.63) is 54.5 Å². The molecule has 0 aliphatic heterocycles. The highest BCUT2D eigenvalue weighted by molar-refractivity contribution is 5.66. The average Bonchev–Trinajstić information content (AvgIpc) is 2.57. The Morgan fingerprint density at radius 1 is 1.12 bits per heavy atom. The van der Waals surface area contributed by atoms with E-state index >= 15 is 4.39 Å². The van der Waals surface area contributed by atoms with E-state index in [0.29, 0.717) is 11.1 Å². The van der Waals surface area contributed by atoms with Gasteiger partial charge in [-0.05, 0) is 24.8 Å². The van der Waals surface area contributed by atoms with Gasteiger partial charge in [-0.2, -0.15) is 4.98 Å². The van der Waals surface area contributed by atoms with Crippen molar-refractivity contribution >= 4 is 5.82 Å². The van der Waals surface area contributed by atoms with Gasteiger partial charge in [-0.15, -0.1) is 0 Å². The second-order valence-corrected chi connectivity index (χ2v) is 5.97. The van der Waals surface area contributed by atoms with E-state index in [9.17, 15) is 0 Å². The molecule has 0 bridgehead atoms. The average molecular weight is 337 g/mol. The summed E-state index contributed by atoms with van der Waals surface area (Å²) in [4.78, 5) is 15.9. The van der Waals surface area contributed by atoms with E-state index in [4.69, 9.17) is 10.5 Å². The van der Waals surface area contributed by atoms with Gasteiger partial charge >= 0.3 is 6.01 Å². The molecule has 1 fully saturated rings. The Labute approximate surface area is 143 Å². The molecule has 0 spiro atoms. The molecule has 25 heavy (non-hydrogen) atoms. The summed E-state index contributed by atoms with van der Waals surface area (Å²) < 4.78 is 21.0. The molecule has 0 radical (unpaired) electrons. The largest absolute Gasteiger partial charge is 0.421 e. The maximum atomic E-state index is 15.3. The van der Waals surface area contributed by atoms with Crippen LogP contribution in [0.4, 0.5) is 10.2 Å². The highest BCUT2D eigenvalue weighted by Gasteiger charge is 2.27. The number of hydrogen-bond acceptors (Lipinski definition) is 6. The number of hydrogen-bond donors (Lipinski definition) is 1. The minimum atomic E-state index is -0.467. The van der Waals surface area contributed by atoms with Crippen LogP contribution in [-0.4, -0.2) is 19.9 Å². The van der Waals surface area contributed by atoms with E-state index in [1.165, 1.54) is 12.5 Å². The fraction of sp³-hybridized carbons (Fsp3) is 0.222. The van der Waals surface area contributed by atoms with Crippen molar-refractivity contribution in [1.82, 2.24) is 19.9 Å². The second-order valence-electron chi connectivity index (χ2n) is 5.97. The van der Waals surface area contributed by atoms with Crippen LogP contribution in [0.5, 0.6) is 11.8 Å². The van der Waals surface area contributed by atoms with Crippen molar-refractivity contribution in [2.45, 2.75) is 25.2 Å². The van der Waals surface area contributed by atoms with E-state index < -0.39 is 5.82 Å². The first-order valence-corrected chi connectivity index (χ1v) is 8.06. The lowest BCUT2D eigenvalue weighted by Gasteiger charge is -2.28. The summed E-state index contributed by atoms with van der Waals surface area (Å²) in [6.07, 6.45) is 9.18. The number of nitrogen functional groups attached to an aromatic ring is 1. The zero-order chi connectivity index (χ0) is 17.2. The fourth-order valence-corrected chi connectivity index (χ4v) is 2.87. The van der Waals surface area contributed by atoms with Crippen molar-refractivity contribution in [2.24, 2.45) is 0 Å². The minimum Gasteiger partial charge on any atom is -0.421 e. The number of nitrogens with two attached hydrogens (primary N) is 1. The number of halogens is 1. The van der Waals surface area contributed by atoms with Gasteiger partial charge in [0.2, 0.25) is 0 Å². The molecule has 2 heterocycles. The van der Waals surface area contributed by atoms with Crippen molar-refractivity contribution in [1.29, 1.82) is 0 Å². The van der Waals surface area contributed by atoms with Crippen LogP contribution in [0.25, 0.3) is 11.1 Å². The molecule has 1 aliphatic rings. The maximum absolute atomic E-state index is 15.3. The van der Waals surface area contributed by atoms with Crippen LogP contribution in [0.2, 0.25) is 0 Å². The first-order valence-electron chi connectivity index (χ1n) is 8.06. The number of anilines is 1. The van der Waals surface area contributed by atoms with E-state index in [-0.39, 0.29) is 23.5 Å². The molecule has 4 rings (SSSR count). The molecule has 126 valence electrons. The lowest BCUT2D eigenvalue weighted by molar-refractivity contribution is 0.371. The summed E-state index contributed by atoms with van der Waals surface area (Å²) in [6.45, 7) is 0. The lowest BCUT2D eigenvalue weighted by atomic mass is 9.79. The summed E-state index contributed by atoms with van der Waals surface area (Å²) in [5.41, 5.74) is 7.45. The molecule has 0 saturated heterocycles. The van der Waals surface area contributed by atoms with Crippen LogP contribution in [-0.2, 0) is 0 Å². The van der Waals surface area contributed by atoms with E-state index in [1.54, 1.807) is 24.5 Å². The summed E-state index contributed by atoms with van der Waals surface area (Å²) >= 11 is 0. The van der Waals surface area contributed by atoms with Crippen LogP contribution < -0.4 is 10.5 Å². The zero-order valence-corrected chi connectivity index (χ0v) is 13.4. The molecule has 7 heteroatoms. The van der Waals surface area contributed by atoms with Crippen LogP contribution in [0.15, 0.2) is 43.1 Å². The highest BCUT2D eigenvalue weighted by Crippen LogP contribution is 2.44. The van der Waals surface area contributed by atoms with Gasteiger partial charge in [0.15, 0.2) is 11.6 Å². The van der Waals surface area contributed by atoms with Gasteiger partial charge in [0.05, 0.1) is 0 Å². The smallest absolute Gasteiger partial charge is 0.323 e. The molecule has 2 N–H and O–H groups in total. The predicted octanol–water partition coefficient (Wildman–Crippen LogP) is 3.71. The van der Waals surface area contributed by atoms with E-state index in [0.717, 1.165) is 24.8 Å². The molecule has 0 unspecified atom stereocenters. The van der Waals surface area contributed by atoms with Gasteiger partial charge in [-0.25, -0.2) is 19.3 Å². The molecule has 0 amide bonds. The molecule has 0 atom stereocenters. The minimum absolute atomic E-state index is 0.0286. The topological polar surface area (TPSA) is 86.8 Å². The zero-order valence-electron chi connectivity index (χ0n) is 13.4. The molecule has 1 aromatic carbocycles. The summed E-state index contributed by atoms with van der Waals surface area (Å²) in [6, 6.07) is 5.22. The van der Waals surface area contributed by atoms with Crippen molar-refractivity contribution in [2.75, 3.05) is 5.73 Å². The molecule has 3 aromatic rings. The Hall–Kier alpha value is -3.09. The summed E-state index contributed by atoms with van der Waals surface area (Å²) in [5.74, 6) is 0.233. The van der Waals surface area contributed by atoms with Crippen molar-refractivity contribution in [3.63, 3.8) is 0 Å². The summed E-state index contributed by atoms with van der Waals surface area (Å²) in [5, 5.41) is 0. The van der Waals surface area contributed by atoms with Gasteiger partial charge in [0, 0.05) is 35.3 Å². The van der Waals surface area contributed by atoms with Crippen LogP contribution in [0, 0.1) is 5.82 Å². The maximum Gasteiger partial charge on any atom is 0.323 e. The Kier molecular flexibility index (Phi) is 3.97. The predicted molar refractivity (Wildman–Crippen MR) is 90.5 cm³/mol. The number of rotatable bonds is 4. The van der Waals surface area contributed by atoms with Gasteiger partial charge in [0.1, 0.15) is 12.1 Å². The van der Waals surface area contributed by atoms with Gasteiger partial charge in [0.25, 0.3) is 0 Å². The number of aromatic nitrogens is 4. The number of nitrogens with zero attached hydrogens (tertiary/aromatic N) is 4. The molecule has 2 aromatic heterocycles. The van der Waals surface area contributed by atoms with Crippen LogP contribution in [0.3, 0.4) is 0 Å². The first kappa shape index (κ1) is 15.4. The Bertz CT molecular complexity index is 899. The molecule has 1 saturated carbocycles. The first-order chi connectivity index (χ1) is 12.2. The van der Waals surface area contributed by atoms with Crippen molar-refractivity contribution < 1.29 is 9.13 Å². The van der Waals surface area contributed by atoms with Gasteiger partial charge < -0.3 is 10.5 Å². The lowest BCUT2D eigenvalue weighted by Crippen LogP contribution is -2.11. The number of benzene rings is 1. The van der Waals surface area contributed by atoms with Gasteiger partial charge in [-0.3, -0.25) is 0 Å². The van der Waals surface area contributed by atoms with E-state index in [1.807, 2.05) is 6.07 Å². The molecule has 1 aliphatic carbocycles. The second kappa shape index (κ2) is 6.43. The number of ether oxygens (including phenoxy) is 1. The third-order valence-electron chi connectivity index (χ3n) is 4.39. The quantitative estimate of drug-likeness (QED) is 0.781. The summed E-state index contributed by atoms with van der Waals surface area (Å²) in [7, 11) is 0. The third kappa shape index (κ3) is 3.00. The molecular formula is C18H16FN5O. The Balaban J connectivity index is 1.80. The Morgan fingerprint density at radius 2 is 1.92 bits per heavy atom. The Morgan fingerprint density at radius 3 is 2.60 bits per heavy atom. The van der Waals surface area contributed by atoms with Crippen molar-refractivity contribution in [3.8, 4) is 22.9 Å². The monoisotopic (exact) mass is 337 g/mol. The van der Waals surface area contributed by atoms with E-state index in [2.05, 4.69) is 19.9 Å². The standard InChI is InChI=1S/C18H16FN5O/c19-16-13(12-8-21-10-22-9-12)4-5-14(11-2-1-3-11)17(16)25-18-23-7-6-15(20)24-18/h4-11H,1-3H2,(H2,20,23,24). The SMILES string of the molecule is Nc1ccnc(Oc2c(C3CCC3)ccc(-c3cncnc3)c2F)n1. The fourth-order valence-electron chi connectivity index (χ4n) is 2.87. The highest BCUT2D eigenvalue weighted by atomic mass is 19.1. The molecule has 6 nitrogen and oxygen atoms in total.